The molecule has 1 atom stereocenters. The van der Waals surface area contributed by atoms with Gasteiger partial charge >= 0.3 is 5.97 Å². The summed E-state index contributed by atoms with van der Waals surface area (Å²) in [6.07, 6.45) is 2.21. The van der Waals surface area contributed by atoms with Gasteiger partial charge < -0.3 is 20.5 Å². The van der Waals surface area contributed by atoms with Gasteiger partial charge in [0, 0.05) is 19.7 Å². The molecular formula is C10H18N2O4. The SMILES string of the molecule is O=C(O)CCNCC(=O)NCC1CCCO1. The van der Waals surface area contributed by atoms with Crippen LogP contribution < -0.4 is 10.6 Å². The molecule has 1 aliphatic rings. The molecule has 0 aromatic heterocycles. The van der Waals surface area contributed by atoms with Crippen LogP contribution in [0.1, 0.15) is 19.3 Å². The smallest absolute Gasteiger partial charge is 0.304 e. The van der Waals surface area contributed by atoms with Gasteiger partial charge in [0.15, 0.2) is 0 Å². The Morgan fingerprint density at radius 2 is 2.25 bits per heavy atom. The lowest BCUT2D eigenvalue weighted by Gasteiger charge is -2.10. The summed E-state index contributed by atoms with van der Waals surface area (Å²) in [4.78, 5) is 21.5. The number of ether oxygens (including phenoxy) is 1. The normalized spacial score (nSPS) is 19.6. The van der Waals surface area contributed by atoms with Crippen LogP contribution in [0.5, 0.6) is 0 Å². The van der Waals surface area contributed by atoms with E-state index in [1.54, 1.807) is 0 Å². The summed E-state index contributed by atoms with van der Waals surface area (Å²) >= 11 is 0. The monoisotopic (exact) mass is 230 g/mol. The molecule has 1 saturated heterocycles. The first-order valence-corrected chi connectivity index (χ1v) is 5.49. The van der Waals surface area contributed by atoms with Crippen LogP contribution in [0.15, 0.2) is 0 Å². The highest BCUT2D eigenvalue weighted by atomic mass is 16.5. The Balaban J connectivity index is 1.95. The van der Waals surface area contributed by atoms with E-state index in [2.05, 4.69) is 10.6 Å². The molecule has 92 valence electrons. The standard InChI is InChI=1S/C10H18N2O4/c13-9(7-11-4-3-10(14)15)12-6-8-2-1-5-16-8/h8,11H,1-7H2,(H,12,13)(H,14,15). The van der Waals surface area contributed by atoms with Crippen molar-refractivity contribution >= 4 is 11.9 Å². The summed E-state index contributed by atoms with van der Waals surface area (Å²) in [5, 5.41) is 13.9. The predicted molar refractivity (Wildman–Crippen MR) is 57.1 cm³/mol. The molecule has 0 bridgehead atoms. The molecule has 1 aliphatic heterocycles. The van der Waals surface area contributed by atoms with Crippen LogP contribution in [0.2, 0.25) is 0 Å². The second-order valence-corrected chi connectivity index (χ2v) is 3.76. The molecular weight excluding hydrogens is 212 g/mol. The average molecular weight is 230 g/mol. The Hall–Kier alpha value is -1.14. The minimum absolute atomic E-state index is 0.0268. The summed E-state index contributed by atoms with van der Waals surface area (Å²) in [5.74, 6) is -0.992. The molecule has 1 fully saturated rings. The van der Waals surface area contributed by atoms with Gasteiger partial charge in [-0.3, -0.25) is 9.59 Å². The lowest BCUT2D eigenvalue weighted by Crippen LogP contribution is -2.38. The Kier molecular flexibility index (Phi) is 5.81. The number of carbonyl (C=O) groups is 2. The first kappa shape index (κ1) is 12.9. The molecule has 0 aromatic carbocycles. The minimum atomic E-state index is -0.868. The van der Waals surface area contributed by atoms with Crippen molar-refractivity contribution < 1.29 is 19.4 Å². The van der Waals surface area contributed by atoms with Crippen LogP contribution in [0.3, 0.4) is 0 Å². The fourth-order valence-electron chi connectivity index (χ4n) is 1.49. The van der Waals surface area contributed by atoms with Crippen molar-refractivity contribution in [3.63, 3.8) is 0 Å². The average Bonchev–Trinajstić information content (AvgIpc) is 2.74. The lowest BCUT2D eigenvalue weighted by molar-refractivity contribution is -0.137. The molecule has 0 aromatic rings. The highest BCUT2D eigenvalue weighted by Gasteiger charge is 2.15. The Labute approximate surface area is 94.3 Å². The van der Waals surface area contributed by atoms with Crippen molar-refractivity contribution in [3.8, 4) is 0 Å². The fraction of sp³-hybridized carbons (Fsp3) is 0.800. The third-order valence-electron chi connectivity index (χ3n) is 2.35. The zero-order valence-corrected chi connectivity index (χ0v) is 9.20. The Morgan fingerprint density at radius 3 is 2.88 bits per heavy atom. The van der Waals surface area contributed by atoms with Gasteiger partial charge in [0.2, 0.25) is 5.91 Å². The number of carboxylic acid groups (broad SMARTS) is 1. The van der Waals surface area contributed by atoms with Crippen LogP contribution in [0.25, 0.3) is 0 Å². The van der Waals surface area contributed by atoms with Gasteiger partial charge in [0.05, 0.1) is 19.1 Å². The third-order valence-corrected chi connectivity index (χ3v) is 2.35. The lowest BCUT2D eigenvalue weighted by atomic mass is 10.2. The molecule has 16 heavy (non-hydrogen) atoms. The molecule has 1 amide bonds. The first-order valence-electron chi connectivity index (χ1n) is 5.49. The minimum Gasteiger partial charge on any atom is -0.481 e. The molecule has 0 saturated carbocycles. The number of carboxylic acids is 1. The maximum atomic E-state index is 11.3. The van der Waals surface area contributed by atoms with Crippen molar-refractivity contribution in [2.75, 3.05) is 26.2 Å². The van der Waals surface area contributed by atoms with Crippen molar-refractivity contribution in [1.82, 2.24) is 10.6 Å². The van der Waals surface area contributed by atoms with E-state index < -0.39 is 5.97 Å². The van der Waals surface area contributed by atoms with Crippen LogP contribution in [0.4, 0.5) is 0 Å². The maximum Gasteiger partial charge on any atom is 0.304 e. The van der Waals surface area contributed by atoms with Gasteiger partial charge in [-0.15, -0.1) is 0 Å². The van der Waals surface area contributed by atoms with Gasteiger partial charge in [-0.05, 0) is 12.8 Å². The van der Waals surface area contributed by atoms with E-state index in [4.69, 9.17) is 9.84 Å². The van der Waals surface area contributed by atoms with Gasteiger partial charge in [-0.1, -0.05) is 0 Å². The highest BCUT2D eigenvalue weighted by molar-refractivity contribution is 5.78. The number of nitrogens with one attached hydrogen (secondary N) is 2. The van der Waals surface area contributed by atoms with Crippen molar-refractivity contribution in [3.05, 3.63) is 0 Å². The van der Waals surface area contributed by atoms with Crippen molar-refractivity contribution in [1.29, 1.82) is 0 Å². The number of carbonyl (C=O) groups excluding carboxylic acids is 1. The van der Waals surface area contributed by atoms with Crippen LogP contribution in [0, 0.1) is 0 Å². The number of hydrogen-bond acceptors (Lipinski definition) is 4. The fourth-order valence-corrected chi connectivity index (χ4v) is 1.49. The predicted octanol–water partition coefficient (Wildman–Crippen LogP) is -0.654. The second kappa shape index (κ2) is 7.19. The molecule has 6 heteroatoms. The molecule has 3 N–H and O–H groups in total. The highest BCUT2D eigenvalue weighted by Crippen LogP contribution is 2.10. The van der Waals surface area contributed by atoms with E-state index in [9.17, 15) is 9.59 Å². The summed E-state index contributed by atoms with van der Waals surface area (Å²) in [5.41, 5.74) is 0. The van der Waals surface area contributed by atoms with Gasteiger partial charge in [-0.2, -0.15) is 0 Å². The van der Waals surface area contributed by atoms with E-state index in [0.717, 1.165) is 19.4 Å². The van der Waals surface area contributed by atoms with Gasteiger partial charge in [-0.25, -0.2) is 0 Å². The molecule has 1 heterocycles. The number of rotatable bonds is 7. The molecule has 0 spiro atoms. The molecule has 0 radical (unpaired) electrons. The maximum absolute atomic E-state index is 11.3. The van der Waals surface area contributed by atoms with Gasteiger partial charge in [0.25, 0.3) is 0 Å². The number of hydrogen-bond donors (Lipinski definition) is 3. The van der Waals surface area contributed by atoms with Crippen LogP contribution in [-0.4, -0.2) is 49.3 Å². The zero-order valence-electron chi connectivity index (χ0n) is 9.20. The summed E-state index contributed by atoms with van der Waals surface area (Å²) in [7, 11) is 0. The summed E-state index contributed by atoms with van der Waals surface area (Å²) in [6, 6.07) is 0. The van der Waals surface area contributed by atoms with Crippen LogP contribution >= 0.6 is 0 Å². The van der Waals surface area contributed by atoms with E-state index in [1.165, 1.54) is 0 Å². The van der Waals surface area contributed by atoms with E-state index >= 15 is 0 Å². The number of aliphatic carboxylic acids is 1. The summed E-state index contributed by atoms with van der Waals surface area (Å²) in [6.45, 7) is 1.78. The third kappa shape index (κ3) is 5.67. The van der Waals surface area contributed by atoms with Gasteiger partial charge in [0.1, 0.15) is 0 Å². The molecule has 0 aliphatic carbocycles. The van der Waals surface area contributed by atoms with Crippen molar-refractivity contribution in [2.24, 2.45) is 0 Å². The van der Waals surface area contributed by atoms with E-state index in [0.29, 0.717) is 13.1 Å². The zero-order chi connectivity index (χ0) is 11.8. The Morgan fingerprint density at radius 1 is 1.44 bits per heavy atom. The van der Waals surface area contributed by atoms with E-state index in [1.807, 2.05) is 0 Å². The van der Waals surface area contributed by atoms with Crippen molar-refractivity contribution in [2.45, 2.75) is 25.4 Å². The quantitative estimate of drug-likeness (QED) is 0.506. The largest absolute Gasteiger partial charge is 0.481 e. The molecule has 1 unspecified atom stereocenters. The second-order valence-electron chi connectivity index (χ2n) is 3.76. The molecule has 6 nitrogen and oxygen atoms in total. The first-order chi connectivity index (χ1) is 7.68. The topological polar surface area (TPSA) is 87.7 Å². The Bertz CT molecular complexity index is 239. The number of amides is 1. The summed E-state index contributed by atoms with van der Waals surface area (Å²) < 4.78 is 5.35. The molecule has 1 rings (SSSR count). The van der Waals surface area contributed by atoms with Crippen LogP contribution in [-0.2, 0) is 14.3 Å². The van der Waals surface area contributed by atoms with E-state index in [-0.39, 0.29) is 25.0 Å².